The summed E-state index contributed by atoms with van der Waals surface area (Å²) in [5.74, 6) is 0. The minimum Gasteiger partial charge on any atom is -0.332 e. The summed E-state index contributed by atoms with van der Waals surface area (Å²) in [6.45, 7) is 0. The number of aromatic nitrogens is 2. The van der Waals surface area contributed by atoms with Crippen molar-refractivity contribution in [3.63, 3.8) is 0 Å². The molecular formula is C21H16ClN5OS. The van der Waals surface area contributed by atoms with Gasteiger partial charge in [0.2, 0.25) is 0 Å². The maximum absolute atomic E-state index is 12.1. The van der Waals surface area contributed by atoms with Gasteiger partial charge in [-0.2, -0.15) is 0 Å². The maximum Gasteiger partial charge on any atom is 0.323 e. The summed E-state index contributed by atoms with van der Waals surface area (Å²) in [5.41, 5.74) is 4.10. The van der Waals surface area contributed by atoms with E-state index in [4.69, 9.17) is 11.6 Å². The molecule has 2 aromatic heterocycles. The lowest BCUT2D eigenvalue weighted by molar-refractivity contribution is 0.262. The standard InChI is InChI=1S/C21H16ClN5OS/c22-15-2-1-3-18(12-15)25-20(28)24-16-4-6-17(7-5-16)26-21-27-19(13-29-21)14-8-10-23-11-9-14/h1-13H,(H,26,27)(H2,24,25,28). The Bertz CT molecular complexity index is 1120. The van der Waals surface area contributed by atoms with Crippen molar-refractivity contribution in [2.24, 2.45) is 0 Å². The second-order valence-corrected chi connectivity index (χ2v) is 7.36. The van der Waals surface area contributed by atoms with Gasteiger partial charge in [-0.3, -0.25) is 4.98 Å². The van der Waals surface area contributed by atoms with E-state index in [1.807, 2.05) is 41.8 Å². The lowest BCUT2D eigenvalue weighted by Crippen LogP contribution is -2.19. The maximum atomic E-state index is 12.1. The van der Waals surface area contributed by atoms with Gasteiger partial charge in [-0.05, 0) is 54.6 Å². The first-order chi connectivity index (χ1) is 14.2. The minimum atomic E-state index is -0.338. The molecule has 0 saturated heterocycles. The summed E-state index contributed by atoms with van der Waals surface area (Å²) < 4.78 is 0. The second-order valence-electron chi connectivity index (χ2n) is 6.07. The summed E-state index contributed by atoms with van der Waals surface area (Å²) in [4.78, 5) is 20.7. The molecule has 0 radical (unpaired) electrons. The molecule has 6 nitrogen and oxygen atoms in total. The lowest BCUT2D eigenvalue weighted by atomic mass is 10.2. The van der Waals surface area contributed by atoms with Gasteiger partial charge in [-0.15, -0.1) is 11.3 Å². The molecule has 0 bridgehead atoms. The summed E-state index contributed by atoms with van der Waals surface area (Å²) in [7, 11) is 0. The van der Waals surface area contributed by atoms with Crippen molar-refractivity contribution in [3.05, 3.63) is 83.5 Å². The zero-order valence-corrected chi connectivity index (χ0v) is 16.7. The molecule has 3 N–H and O–H groups in total. The molecule has 8 heteroatoms. The Morgan fingerprint density at radius 2 is 1.62 bits per heavy atom. The highest BCUT2D eigenvalue weighted by atomic mass is 35.5. The van der Waals surface area contributed by atoms with Crippen LogP contribution in [-0.2, 0) is 0 Å². The van der Waals surface area contributed by atoms with E-state index >= 15 is 0 Å². The number of halogens is 1. The van der Waals surface area contributed by atoms with Gasteiger partial charge in [0.1, 0.15) is 0 Å². The van der Waals surface area contributed by atoms with Crippen LogP contribution >= 0.6 is 22.9 Å². The average Bonchev–Trinajstić information content (AvgIpc) is 3.19. The normalized spacial score (nSPS) is 10.4. The number of urea groups is 1. The topological polar surface area (TPSA) is 78.9 Å². The van der Waals surface area contributed by atoms with Crippen LogP contribution in [0.5, 0.6) is 0 Å². The van der Waals surface area contributed by atoms with Crippen LogP contribution in [0.15, 0.2) is 78.4 Å². The molecule has 144 valence electrons. The van der Waals surface area contributed by atoms with Gasteiger partial charge in [-0.25, -0.2) is 9.78 Å². The predicted octanol–water partition coefficient (Wildman–Crippen LogP) is 6.25. The second kappa shape index (κ2) is 8.72. The molecule has 0 aliphatic heterocycles. The number of amides is 2. The number of anilines is 4. The van der Waals surface area contributed by atoms with Crippen molar-refractivity contribution in [1.82, 2.24) is 9.97 Å². The Morgan fingerprint density at radius 3 is 2.38 bits per heavy atom. The molecule has 0 saturated carbocycles. The minimum absolute atomic E-state index is 0.338. The van der Waals surface area contributed by atoms with Crippen LogP contribution in [-0.4, -0.2) is 16.0 Å². The third-order valence-electron chi connectivity index (χ3n) is 3.96. The SMILES string of the molecule is O=C(Nc1ccc(Nc2nc(-c3ccncc3)cs2)cc1)Nc1cccc(Cl)c1. The van der Waals surface area contributed by atoms with E-state index in [0.29, 0.717) is 16.4 Å². The van der Waals surface area contributed by atoms with Crippen LogP contribution in [0.25, 0.3) is 11.3 Å². The number of nitrogens with zero attached hydrogens (tertiary/aromatic N) is 2. The smallest absolute Gasteiger partial charge is 0.323 e. The third kappa shape index (κ3) is 5.10. The Labute approximate surface area is 176 Å². The number of carbonyl (C=O) groups excluding carboxylic acids is 1. The number of benzene rings is 2. The fraction of sp³-hybridized carbons (Fsp3) is 0. The number of hydrogen-bond acceptors (Lipinski definition) is 5. The number of thiazole rings is 1. The van der Waals surface area contributed by atoms with E-state index in [-0.39, 0.29) is 6.03 Å². The van der Waals surface area contributed by atoms with Gasteiger partial charge in [0, 0.05) is 45.4 Å². The van der Waals surface area contributed by atoms with Crippen molar-refractivity contribution in [2.45, 2.75) is 0 Å². The van der Waals surface area contributed by atoms with E-state index in [0.717, 1.165) is 22.1 Å². The molecule has 4 rings (SSSR count). The molecule has 2 amide bonds. The van der Waals surface area contributed by atoms with Crippen LogP contribution in [0.2, 0.25) is 5.02 Å². The Kier molecular flexibility index (Phi) is 5.69. The molecule has 2 aromatic carbocycles. The van der Waals surface area contributed by atoms with Gasteiger partial charge < -0.3 is 16.0 Å². The molecule has 0 atom stereocenters. The highest BCUT2D eigenvalue weighted by Crippen LogP contribution is 2.27. The largest absolute Gasteiger partial charge is 0.332 e. The highest BCUT2D eigenvalue weighted by molar-refractivity contribution is 7.14. The van der Waals surface area contributed by atoms with Gasteiger partial charge in [0.15, 0.2) is 5.13 Å². The van der Waals surface area contributed by atoms with Crippen molar-refractivity contribution < 1.29 is 4.79 Å². The van der Waals surface area contributed by atoms with Crippen molar-refractivity contribution >= 4 is 51.2 Å². The zero-order chi connectivity index (χ0) is 20.1. The number of rotatable bonds is 5. The number of hydrogen-bond donors (Lipinski definition) is 3. The summed E-state index contributed by atoms with van der Waals surface area (Å²) in [5, 5.41) is 12.1. The van der Waals surface area contributed by atoms with E-state index in [9.17, 15) is 4.79 Å². The number of nitrogens with one attached hydrogen (secondary N) is 3. The van der Waals surface area contributed by atoms with Crippen molar-refractivity contribution in [2.75, 3.05) is 16.0 Å². The number of pyridine rings is 1. The third-order valence-corrected chi connectivity index (χ3v) is 4.95. The quantitative estimate of drug-likeness (QED) is 0.356. The Morgan fingerprint density at radius 1 is 0.897 bits per heavy atom. The van der Waals surface area contributed by atoms with Gasteiger partial charge in [0.05, 0.1) is 5.69 Å². The molecule has 0 unspecified atom stereocenters. The number of carbonyl (C=O) groups is 1. The first-order valence-electron chi connectivity index (χ1n) is 8.72. The summed E-state index contributed by atoms with van der Waals surface area (Å²) in [6.07, 6.45) is 3.49. The molecule has 0 aliphatic carbocycles. The molecule has 4 aromatic rings. The Balaban J connectivity index is 1.36. The molecule has 0 fully saturated rings. The first kappa shape index (κ1) is 18.9. The summed E-state index contributed by atoms with van der Waals surface area (Å²) >= 11 is 7.45. The monoisotopic (exact) mass is 421 g/mol. The molecule has 2 heterocycles. The van der Waals surface area contributed by atoms with E-state index in [1.54, 1.807) is 36.7 Å². The average molecular weight is 422 g/mol. The molecule has 0 spiro atoms. The van der Waals surface area contributed by atoms with Crippen LogP contribution in [0.3, 0.4) is 0 Å². The van der Waals surface area contributed by atoms with Gasteiger partial charge >= 0.3 is 6.03 Å². The van der Waals surface area contributed by atoms with E-state index < -0.39 is 0 Å². The van der Waals surface area contributed by atoms with Gasteiger partial charge in [-0.1, -0.05) is 17.7 Å². The molecule has 29 heavy (non-hydrogen) atoms. The first-order valence-corrected chi connectivity index (χ1v) is 9.98. The summed E-state index contributed by atoms with van der Waals surface area (Å²) in [6, 6.07) is 17.9. The van der Waals surface area contributed by atoms with Gasteiger partial charge in [0.25, 0.3) is 0 Å². The molecular weight excluding hydrogens is 406 g/mol. The fourth-order valence-electron chi connectivity index (χ4n) is 2.61. The van der Waals surface area contributed by atoms with Crippen molar-refractivity contribution in [3.8, 4) is 11.3 Å². The predicted molar refractivity (Wildman–Crippen MR) is 119 cm³/mol. The lowest BCUT2D eigenvalue weighted by Gasteiger charge is -2.09. The van der Waals surface area contributed by atoms with Crippen LogP contribution in [0.1, 0.15) is 0 Å². The Hall–Kier alpha value is -3.42. The zero-order valence-electron chi connectivity index (χ0n) is 15.1. The fourth-order valence-corrected chi connectivity index (χ4v) is 3.54. The van der Waals surface area contributed by atoms with Crippen LogP contribution in [0, 0.1) is 0 Å². The van der Waals surface area contributed by atoms with Crippen LogP contribution in [0.4, 0.5) is 27.0 Å². The van der Waals surface area contributed by atoms with E-state index in [1.165, 1.54) is 11.3 Å². The van der Waals surface area contributed by atoms with Crippen LogP contribution < -0.4 is 16.0 Å². The molecule has 0 aliphatic rings. The van der Waals surface area contributed by atoms with E-state index in [2.05, 4.69) is 25.9 Å². The highest BCUT2D eigenvalue weighted by Gasteiger charge is 2.06. The van der Waals surface area contributed by atoms with Crippen molar-refractivity contribution in [1.29, 1.82) is 0 Å².